The Morgan fingerprint density at radius 1 is 1.47 bits per heavy atom. The molecule has 0 radical (unpaired) electrons. The number of amides is 1. The number of aromatic nitrogens is 1. The Balaban J connectivity index is 2.65. The number of aliphatic carboxylic acids is 1. The van der Waals surface area contributed by atoms with E-state index in [1.54, 1.807) is 12.1 Å². The quantitative estimate of drug-likeness (QED) is 0.802. The molecule has 0 spiro atoms. The molecule has 1 amide bonds. The Bertz CT molecular complexity index is 446. The second-order valence-corrected chi connectivity index (χ2v) is 4.60. The SMILES string of the molecule is CC(C)(CNC(=O)c1cccc(Cl)n1)C(=O)O. The molecule has 5 nitrogen and oxygen atoms in total. The highest BCUT2D eigenvalue weighted by Crippen LogP contribution is 2.13. The molecule has 0 unspecified atom stereocenters. The second-order valence-electron chi connectivity index (χ2n) is 4.22. The molecule has 0 bridgehead atoms. The van der Waals surface area contributed by atoms with E-state index in [0.29, 0.717) is 0 Å². The molecule has 0 aliphatic rings. The van der Waals surface area contributed by atoms with Gasteiger partial charge >= 0.3 is 5.97 Å². The van der Waals surface area contributed by atoms with Crippen molar-refractivity contribution in [1.82, 2.24) is 10.3 Å². The van der Waals surface area contributed by atoms with Gasteiger partial charge in [0.2, 0.25) is 0 Å². The van der Waals surface area contributed by atoms with Crippen LogP contribution in [0.5, 0.6) is 0 Å². The topological polar surface area (TPSA) is 79.3 Å². The normalized spacial score (nSPS) is 11.0. The predicted octanol–water partition coefficient (Wildman–Crippen LogP) is 1.58. The van der Waals surface area contributed by atoms with Crippen LogP contribution in [0.3, 0.4) is 0 Å². The maximum atomic E-state index is 11.6. The van der Waals surface area contributed by atoms with Gasteiger partial charge in [-0.1, -0.05) is 17.7 Å². The van der Waals surface area contributed by atoms with Gasteiger partial charge in [0.15, 0.2) is 0 Å². The van der Waals surface area contributed by atoms with Gasteiger partial charge in [-0.2, -0.15) is 0 Å². The molecule has 6 heteroatoms. The molecule has 0 atom stereocenters. The average Bonchev–Trinajstić information content (AvgIpc) is 2.25. The molecule has 1 aromatic heterocycles. The van der Waals surface area contributed by atoms with E-state index in [2.05, 4.69) is 10.3 Å². The van der Waals surface area contributed by atoms with Crippen molar-refractivity contribution in [2.45, 2.75) is 13.8 Å². The van der Waals surface area contributed by atoms with Gasteiger partial charge in [-0.3, -0.25) is 9.59 Å². The smallest absolute Gasteiger partial charge is 0.310 e. The van der Waals surface area contributed by atoms with E-state index in [4.69, 9.17) is 16.7 Å². The highest BCUT2D eigenvalue weighted by molar-refractivity contribution is 6.29. The molecule has 17 heavy (non-hydrogen) atoms. The van der Waals surface area contributed by atoms with E-state index in [-0.39, 0.29) is 17.4 Å². The number of nitrogens with one attached hydrogen (secondary N) is 1. The summed E-state index contributed by atoms with van der Waals surface area (Å²) in [6, 6.07) is 4.67. The Morgan fingerprint density at radius 2 is 2.12 bits per heavy atom. The zero-order valence-electron chi connectivity index (χ0n) is 9.53. The van der Waals surface area contributed by atoms with E-state index in [1.807, 2.05) is 0 Å². The summed E-state index contributed by atoms with van der Waals surface area (Å²) in [5.74, 6) is -1.42. The molecule has 1 rings (SSSR count). The first-order valence-corrected chi connectivity index (χ1v) is 5.35. The Kier molecular flexibility index (Phi) is 4.07. The second kappa shape index (κ2) is 5.14. The summed E-state index contributed by atoms with van der Waals surface area (Å²) >= 11 is 5.64. The fourth-order valence-electron chi connectivity index (χ4n) is 1.00. The number of rotatable bonds is 4. The van der Waals surface area contributed by atoms with Gasteiger partial charge in [0, 0.05) is 6.54 Å². The summed E-state index contributed by atoms with van der Waals surface area (Å²) in [5, 5.41) is 11.6. The lowest BCUT2D eigenvalue weighted by molar-refractivity contribution is -0.146. The summed E-state index contributed by atoms with van der Waals surface area (Å²) in [6.45, 7) is 3.08. The van der Waals surface area contributed by atoms with Gasteiger partial charge in [0.05, 0.1) is 5.41 Å². The molecule has 1 heterocycles. The molecule has 2 N–H and O–H groups in total. The first kappa shape index (κ1) is 13.4. The van der Waals surface area contributed by atoms with Crippen molar-refractivity contribution in [3.63, 3.8) is 0 Å². The van der Waals surface area contributed by atoms with Gasteiger partial charge in [-0.15, -0.1) is 0 Å². The van der Waals surface area contributed by atoms with Crippen molar-refractivity contribution in [1.29, 1.82) is 0 Å². The fourth-order valence-corrected chi connectivity index (χ4v) is 1.17. The van der Waals surface area contributed by atoms with E-state index >= 15 is 0 Å². The summed E-state index contributed by atoms with van der Waals surface area (Å²) < 4.78 is 0. The first-order valence-electron chi connectivity index (χ1n) is 4.97. The summed E-state index contributed by atoms with van der Waals surface area (Å²) in [5.41, 5.74) is -0.854. The monoisotopic (exact) mass is 256 g/mol. The summed E-state index contributed by atoms with van der Waals surface area (Å²) in [4.78, 5) is 26.3. The third kappa shape index (κ3) is 3.71. The van der Waals surface area contributed by atoms with E-state index in [0.717, 1.165) is 0 Å². The molecule has 1 aromatic rings. The molecule has 0 aliphatic carbocycles. The maximum absolute atomic E-state index is 11.6. The lowest BCUT2D eigenvalue weighted by atomic mass is 9.94. The predicted molar refractivity (Wildman–Crippen MR) is 63.0 cm³/mol. The Labute approximate surface area is 104 Å². The van der Waals surface area contributed by atoms with Gasteiger partial charge in [-0.25, -0.2) is 4.98 Å². The zero-order valence-corrected chi connectivity index (χ0v) is 10.3. The average molecular weight is 257 g/mol. The molecule has 0 aromatic carbocycles. The zero-order chi connectivity index (χ0) is 13.1. The number of carbonyl (C=O) groups is 2. The van der Waals surface area contributed by atoms with Crippen LogP contribution >= 0.6 is 11.6 Å². The van der Waals surface area contributed by atoms with Crippen LogP contribution in [0.15, 0.2) is 18.2 Å². The van der Waals surface area contributed by atoms with Gasteiger partial charge in [0.25, 0.3) is 5.91 Å². The Morgan fingerprint density at radius 3 is 2.65 bits per heavy atom. The van der Waals surface area contributed by atoms with Crippen molar-refractivity contribution < 1.29 is 14.7 Å². The Hall–Kier alpha value is -1.62. The van der Waals surface area contributed by atoms with Gasteiger partial charge < -0.3 is 10.4 Å². The number of carboxylic acid groups (broad SMARTS) is 1. The summed E-state index contributed by atoms with van der Waals surface area (Å²) in [7, 11) is 0. The first-order chi connectivity index (χ1) is 7.83. The van der Waals surface area contributed by atoms with Crippen LogP contribution in [0.4, 0.5) is 0 Å². The number of carboxylic acids is 1. The minimum atomic E-state index is -1.02. The molecule has 0 fully saturated rings. The largest absolute Gasteiger partial charge is 0.481 e. The van der Waals surface area contributed by atoms with Crippen molar-refractivity contribution in [2.75, 3.05) is 6.54 Å². The van der Waals surface area contributed by atoms with Crippen LogP contribution in [0.1, 0.15) is 24.3 Å². The van der Waals surface area contributed by atoms with Gasteiger partial charge in [0.1, 0.15) is 10.8 Å². The van der Waals surface area contributed by atoms with Crippen LogP contribution in [0, 0.1) is 5.41 Å². The third-order valence-corrected chi connectivity index (χ3v) is 2.43. The third-order valence-electron chi connectivity index (χ3n) is 2.22. The van der Waals surface area contributed by atoms with Crippen molar-refractivity contribution in [3.8, 4) is 0 Å². The van der Waals surface area contributed by atoms with Gasteiger partial charge in [-0.05, 0) is 26.0 Å². The van der Waals surface area contributed by atoms with Crippen LogP contribution in [-0.2, 0) is 4.79 Å². The van der Waals surface area contributed by atoms with Crippen molar-refractivity contribution in [2.24, 2.45) is 5.41 Å². The number of pyridine rings is 1. The lowest BCUT2D eigenvalue weighted by Gasteiger charge is -2.19. The molecule has 0 saturated carbocycles. The molecular formula is C11H13ClN2O3. The highest BCUT2D eigenvalue weighted by Gasteiger charge is 2.27. The standard InChI is InChI=1S/C11H13ClN2O3/c1-11(2,10(16)17)6-13-9(15)7-4-3-5-8(12)14-7/h3-5H,6H2,1-2H3,(H,13,15)(H,16,17). The minimum Gasteiger partial charge on any atom is -0.481 e. The van der Waals surface area contributed by atoms with Crippen molar-refractivity contribution in [3.05, 3.63) is 29.0 Å². The highest BCUT2D eigenvalue weighted by atomic mass is 35.5. The van der Waals surface area contributed by atoms with Crippen molar-refractivity contribution >= 4 is 23.5 Å². The molecule has 0 saturated heterocycles. The van der Waals surface area contributed by atoms with E-state index in [9.17, 15) is 9.59 Å². The number of hydrogen-bond donors (Lipinski definition) is 2. The molecular weight excluding hydrogens is 244 g/mol. The van der Waals surface area contributed by atoms with Crippen LogP contribution in [0.25, 0.3) is 0 Å². The van der Waals surface area contributed by atoms with Crippen LogP contribution < -0.4 is 5.32 Å². The number of nitrogens with zero attached hydrogens (tertiary/aromatic N) is 1. The maximum Gasteiger partial charge on any atom is 0.310 e. The van der Waals surface area contributed by atoms with E-state index < -0.39 is 17.3 Å². The number of carbonyl (C=O) groups excluding carboxylic acids is 1. The number of halogens is 1. The van der Waals surface area contributed by atoms with Crippen LogP contribution in [0.2, 0.25) is 5.15 Å². The summed E-state index contributed by atoms with van der Waals surface area (Å²) in [6.07, 6.45) is 0. The van der Waals surface area contributed by atoms with Crippen LogP contribution in [-0.4, -0.2) is 28.5 Å². The number of hydrogen-bond acceptors (Lipinski definition) is 3. The molecule has 92 valence electrons. The fraction of sp³-hybridized carbons (Fsp3) is 0.364. The molecule has 0 aliphatic heterocycles. The van der Waals surface area contributed by atoms with E-state index in [1.165, 1.54) is 19.9 Å². The lowest BCUT2D eigenvalue weighted by Crippen LogP contribution is -2.39. The minimum absolute atomic E-state index is 0.0232.